The van der Waals surface area contributed by atoms with E-state index in [0.717, 1.165) is 41.0 Å². The standard InChI is InChI=1S/C24H32N2O3/c1-16-7-9-22(28-5)21(14-16)19(4)25-24(27)26-12-10-20(11-13-26)29-23-15-17(2)6-8-18(23)3/h6-9,14-15,19-20H,10-13H2,1-5H3,(H,25,27). The van der Waals surface area contributed by atoms with Crippen molar-refractivity contribution in [1.82, 2.24) is 10.2 Å². The number of nitrogens with one attached hydrogen (secondary N) is 1. The lowest BCUT2D eigenvalue weighted by atomic mass is 10.0. The minimum Gasteiger partial charge on any atom is -0.496 e. The summed E-state index contributed by atoms with van der Waals surface area (Å²) >= 11 is 0. The van der Waals surface area contributed by atoms with Crippen molar-refractivity contribution in [3.05, 3.63) is 58.7 Å². The summed E-state index contributed by atoms with van der Waals surface area (Å²) in [6, 6.07) is 12.1. The number of hydrogen-bond donors (Lipinski definition) is 1. The predicted octanol–water partition coefficient (Wildman–Crippen LogP) is 4.93. The van der Waals surface area contributed by atoms with Gasteiger partial charge in [-0.15, -0.1) is 0 Å². The Balaban J connectivity index is 1.55. The van der Waals surface area contributed by atoms with E-state index in [0.29, 0.717) is 13.1 Å². The van der Waals surface area contributed by atoms with Gasteiger partial charge in [0.1, 0.15) is 17.6 Å². The fraction of sp³-hybridized carbons (Fsp3) is 0.458. The van der Waals surface area contributed by atoms with Crippen molar-refractivity contribution < 1.29 is 14.3 Å². The van der Waals surface area contributed by atoms with Crippen LogP contribution in [-0.4, -0.2) is 37.2 Å². The lowest BCUT2D eigenvalue weighted by molar-refractivity contribution is 0.109. The Hall–Kier alpha value is -2.69. The van der Waals surface area contributed by atoms with Crippen molar-refractivity contribution >= 4 is 6.03 Å². The van der Waals surface area contributed by atoms with Gasteiger partial charge in [0.15, 0.2) is 0 Å². The Morgan fingerprint density at radius 3 is 2.38 bits per heavy atom. The zero-order valence-electron chi connectivity index (χ0n) is 18.1. The van der Waals surface area contributed by atoms with E-state index in [1.165, 1.54) is 5.56 Å². The number of rotatable bonds is 5. The van der Waals surface area contributed by atoms with Crippen LogP contribution in [0, 0.1) is 20.8 Å². The highest BCUT2D eigenvalue weighted by molar-refractivity contribution is 5.75. The van der Waals surface area contributed by atoms with Crippen molar-refractivity contribution in [2.75, 3.05) is 20.2 Å². The molecule has 5 heteroatoms. The number of piperidine rings is 1. The number of hydrogen-bond acceptors (Lipinski definition) is 3. The minimum atomic E-state index is -0.124. The molecular weight excluding hydrogens is 364 g/mol. The van der Waals surface area contributed by atoms with E-state index in [1.54, 1.807) is 7.11 Å². The summed E-state index contributed by atoms with van der Waals surface area (Å²) in [7, 11) is 1.66. The maximum absolute atomic E-state index is 12.8. The quantitative estimate of drug-likeness (QED) is 0.779. The average Bonchev–Trinajstić information content (AvgIpc) is 2.71. The van der Waals surface area contributed by atoms with Gasteiger partial charge in [-0.3, -0.25) is 0 Å². The number of methoxy groups -OCH3 is 1. The van der Waals surface area contributed by atoms with Crippen LogP contribution in [0.2, 0.25) is 0 Å². The van der Waals surface area contributed by atoms with Gasteiger partial charge in [0.2, 0.25) is 0 Å². The molecule has 0 bridgehead atoms. The summed E-state index contributed by atoms with van der Waals surface area (Å²) in [5.74, 6) is 1.75. The fourth-order valence-electron chi connectivity index (χ4n) is 3.74. The van der Waals surface area contributed by atoms with Gasteiger partial charge in [0.05, 0.1) is 13.2 Å². The SMILES string of the molecule is COc1ccc(C)cc1C(C)NC(=O)N1CCC(Oc2cc(C)ccc2C)CC1. The predicted molar refractivity (Wildman–Crippen MR) is 116 cm³/mol. The first-order valence-corrected chi connectivity index (χ1v) is 10.3. The van der Waals surface area contributed by atoms with Crippen molar-refractivity contribution in [3.63, 3.8) is 0 Å². The Bertz CT molecular complexity index is 857. The normalized spacial score (nSPS) is 15.7. The van der Waals surface area contributed by atoms with E-state index in [-0.39, 0.29) is 18.2 Å². The number of aryl methyl sites for hydroxylation is 3. The Labute approximate surface area is 174 Å². The average molecular weight is 397 g/mol. The van der Waals surface area contributed by atoms with Crippen LogP contribution < -0.4 is 14.8 Å². The maximum atomic E-state index is 12.8. The molecule has 5 nitrogen and oxygen atoms in total. The first-order valence-electron chi connectivity index (χ1n) is 10.3. The first kappa shape index (κ1) is 21.0. The van der Waals surface area contributed by atoms with E-state index >= 15 is 0 Å². The second-order valence-electron chi connectivity index (χ2n) is 7.99. The third-order valence-corrected chi connectivity index (χ3v) is 5.56. The van der Waals surface area contributed by atoms with Crippen LogP contribution >= 0.6 is 0 Å². The van der Waals surface area contributed by atoms with E-state index in [9.17, 15) is 4.79 Å². The highest BCUT2D eigenvalue weighted by atomic mass is 16.5. The summed E-state index contributed by atoms with van der Waals surface area (Å²) in [6.45, 7) is 9.56. The van der Waals surface area contributed by atoms with Crippen LogP contribution in [0.4, 0.5) is 4.79 Å². The molecule has 1 aliphatic heterocycles. The molecule has 1 N–H and O–H groups in total. The molecule has 1 saturated heterocycles. The van der Waals surface area contributed by atoms with Gasteiger partial charge in [-0.2, -0.15) is 0 Å². The number of ether oxygens (including phenoxy) is 2. The van der Waals surface area contributed by atoms with Crippen LogP contribution in [-0.2, 0) is 0 Å². The van der Waals surface area contributed by atoms with Crippen LogP contribution in [0.3, 0.4) is 0 Å². The summed E-state index contributed by atoms with van der Waals surface area (Å²) in [5.41, 5.74) is 4.49. The van der Waals surface area contributed by atoms with Crippen molar-refractivity contribution in [2.24, 2.45) is 0 Å². The molecule has 0 radical (unpaired) electrons. The Kier molecular flexibility index (Phi) is 6.68. The summed E-state index contributed by atoms with van der Waals surface area (Å²) < 4.78 is 11.7. The van der Waals surface area contributed by atoms with E-state index in [2.05, 4.69) is 43.4 Å². The van der Waals surface area contributed by atoms with Crippen molar-refractivity contribution in [2.45, 2.75) is 52.7 Å². The molecule has 3 rings (SSSR count). The van der Waals surface area contributed by atoms with Crippen molar-refractivity contribution in [3.8, 4) is 11.5 Å². The third-order valence-electron chi connectivity index (χ3n) is 5.56. The molecule has 1 aliphatic rings. The maximum Gasteiger partial charge on any atom is 0.317 e. The van der Waals surface area contributed by atoms with Crippen LogP contribution in [0.15, 0.2) is 36.4 Å². The topological polar surface area (TPSA) is 50.8 Å². The van der Waals surface area contributed by atoms with Gasteiger partial charge < -0.3 is 19.7 Å². The van der Waals surface area contributed by atoms with Crippen LogP contribution in [0.5, 0.6) is 11.5 Å². The number of nitrogens with zero attached hydrogens (tertiary/aromatic N) is 1. The number of likely N-dealkylation sites (tertiary alicyclic amines) is 1. The molecule has 2 aromatic carbocycles. The molecule has 156 valence electrons. The minimum absolute atomic E-state index is 0.0359. The van der Waals surface area contributed by atoms with Crippen LogP contribution in [0.25, 0.3) is 0 Å². The number of carbonyl (C=O) groups excluding carboxylic acids is 1. The van der Waals surface area contributed by atoms with Gasteiger partial charge in [-0.1, -0.05) is 29.8 Å². The van der Waals surface area contributed by atoms with E-state index in [4.69, 9.17) is 9.47 Å². The Morgan fingerprint density at radius 2 is 1.69 bits per heavy atom. The van der Waals surface area contributed by atoms with Gasteiger partial charge in [0, 0.05) is 31.5 Å². The second-order valence-corrected chi connectivity index (χ2v) is 7.99. The largest absolute Gasteiger partial charge is 0.496 e. The molecule has 1 fully saturated rings. The van der Waals surface area contributed by atoms with Gasteiger partial charge in [-0.05, 0) is 51.0 Å². The van der Waals surface area contributed by atoms with Crippen molar-refractivity contribution in [1.29, 1.82) is 0 Å². The zero-order valence-corrected chi connectivity index (χ0v) is 18.1. The molecule has 0 saturated carbocycles. The number of benzene rings is 2. The Morgan fingerprint density at radius 1 is 1.03 bits per heavy atom. The van der Waals surface area contributed by atoms with Crippen LogP contribution in [0.1, 0.15) is 48.1 Å². The smallest absolute Gasteiger partial charge is 0.317 e. The van der Waals surface area contributed by atoms with Gasteiger partial charge in [0.25, 0.3) is 0 Å². The highest BCUT2D eigenvalue weighted by Gasteiger charge is 2.25. The summed E-state index contributed by atoms with van der Waals surface area (Å²) in [6.07, 6.45) is 1.82. The molecule has 2 amide bonds. The first-order chi connectivity index (χ1) is 13.9. The molecule has 1 unspecified atom stereocenters. The summed E-state index contributed by atoms with van der Waals surface area (Å²) in [5, 5.41) is 3.12. The molecular formula is C24H32N2O3. The number of urea groups is 1. The molecule has 29 heavy (non-hydrogen) atoms. The molecule has 0 aliphatic carbocycles. The zero-order chi connectivity index (χ0) is 21.0. The number of amides is 2. The lowest BCUT2D eigenvalue weighted by Gasteiger charge is -2.33. The third kappa shape index (κ3) is 5.22. The van der Waals surface area contributed by atoms with E-state index in [1.807, 2.05) is 30.9 Å². The van der Waals surface area contributed by atoms with Gasteiger partial charge in [-0.25, -0.2) is 4.79 Å². The molecule has 1 atom stereocenters. The molecule has 2 aromatic rings. The summed E-state index contributed by atoms with van der Waals surface area (Å²) in [4.78, 5) is 14.6. The molecule has 0 aromatic heterocycles. The fourth-order valence-corrected chi connectivity index (χ4v) is 3.74. The molecule has 0 spiro atoms. The van der Waals surface area contributed by atoms with E-state index < -0.39 is 0 Å². The molecule has 1 heterocycles. The number of carbonyl (C=O) groups is 1. The monoisotopic (exact) mass is 396 g/mol. The second kappa shape index (κ2) is 9.21. The lowest BCUT2D eigenvalue weighted by Crippen LogP contribution is -2.47. The highest BCUT2D eigenvalue weighted by Crippen LogP contribution is 2.27. The van der Waals surface area contributed by atoms with Gasteiger partial charge >= 0.3 is 6.03 Å².